The van der Waals surface area contributed by atoms with Crippen molar-refractivity contribution in [2.75, 3.05) is 0 Å². The normalized spacial score (nSPS) is 13.5. The molecule has 6 nitrogen and oxygen atoms in total. The number of hydrogen-bond donors (Lipinski definition) is 0. The van der Waals surface area contributed by atoms with Crippen molar-refractivity contribution in [1.82, 2.24) is 10.0 Å². The van der Waals surface area contributed by atoms with Gasteiger partial charge in [0.1, 0.15) is 4.88 Å². The number of amides is 2. The van der Waals surface area contributed by atoms with Crippen LogP contribution in [0.3, 0.4) is 0 Å². The number of imide groups is 1. The average molecular weight is 324 g/mol. The van der Waals surface area contributed by atoms with Crippen LogP contribution in [0, 0.1) is 0 Å². The maximum Gasteiger partial charge on any atom is 0.373 e. The van der Waals surface area contributed by atoms with Crippen molar-refractivity contribution >= 4 is 39.2 Å². The molecular formula is C16H8N2O4S. The third-order valence-corrected chi connectivity index (χ3v) is 4.52. The van der Waals surface area contributed by atoms with Crippen LogP contribution < -0.4 is 0 Å². The molecule has 2 aromatic heterocycles. The molecule has 1 aliphatic rings. The van der Waals surface area contributed by atoms with E-state index in [9.17, 15) is 14.4 Å². The van der Waals surface area contributed by atoms with Crippen molar-refractivity contribution in [3.8, 4) is 0 Å². The zero-order chi connectivity index (χ0) is 16.0. The zero-order valence-electron chi connectivity index (χ0n) is 11.6. The molecule has 0 unspecified atom stereocenters. The van der Waals surface area contributed by atoms with Gasteiger partial charge in [-0.15, -0.1) is 11.3 Å². The molecule has 7 heteroatoms. The lowest BCUT2D eigenvalue weighted by Crippen LogP contribution is -2.32. The summed E-state index contributed by atoms with van der Waals surface area (Å²) in [6.07, 6.45) is 3.26. The summed E-state index contributed by atoms with van der Waals surface area (Å²) in [4.78, 5) is 45.9. The van der Waals surface area contributed by atoms with Gasteiger partial charge < -0.3 is 4.84 Å². The molecule has 4 rings (SSSR count). The second-order valence-electron chi connectivity index (χ2n) is 4.85. The predicted octanol–water partition coefficient (Wildman–Crippen LogP) is 2.66. The summed E-state index contributed by atoms with van der Waals surface area (Å²) >= 11 is 1.19. The SMILES string of the molecule is O=C(ON1C(=O)c2ccccc2C1=O)c1cc2ccncc2s1. The summed E-state index contributed by atoms with van der Waals surface area (Å²) in [7, 11) is 0. The van der Waals surface area contributed by atoms with E-state index in [1.54, 1.807) is 36.7 Å². The molecule has 0 radical (unpaired) electrons. The molecule has 0 atom stereocenters. The quantitative estimate of drug-likeness (QED) is 0.677. The first-order chi connectivity index (χ1) is 11.1. The number of fused-ring (bicyclic) bond motifs is 2. The smallest absolute Gasteiger partial charge is 0.323 e. The topological polar surface area (TPSA) is 76.6 Å². The first kappa shape index (κ1) is 13.6. The summed E-state index contributed by atoms with van der Waals surface area (Å²) in [5, 5.41) is 1.36. The number of carbonyl (C=O) groups excluding carboxylic acids is 3. The number of thiophene rings is 1. The van der Waals surface area contributed by atoms with E-state index in [4.69, 9.17) is 4.84 Å². The number of hydrogen-bond acceptors (Lipinski definition) is 6. The van der Waals surface area contributed by atoms with Gasteiger partial charge in [-0.2, -0.15) is 0 Å². The van der Waals surface area contributed by atoms with Gasteiger partial charge in [-0.3, -0.25) is 14.6 Å². The van der Waals surface area contributed by atoms with E-state index >= 15 is 0 Å². The number of pyridine rings is 1. The Morgan fingerprint density at radius 3 is 2.43 bits per heavy atom. The fourth-order valence-corrected chi connectivity index (χ4v) is 3.26. The van der Waals surface area contributed by atoms with Crippen LogP contribution in [0.1, 0.15) is 30.4 Å². The third-order valence-electron chi connectivity index (χ3n) is 3.46. The van der Waals surface area contributed by atoms with Crippen molar-refractivity contribution in [3.63, 3.8) is 0 Å². The maximum atomic E-state index is 12.2. The standard InChI is InChI=1S/C16H8N2O4S/c19-14-10-3-1-2-4-11(10)15(20)18(14)22-16(21)12-7-9-5-6-17-8-13(9)23-12/h1-8H. The maximum absolute atomic E-state index is 12.2. The summed E-state index contributed by atoms with van der Waals surface area (Å²) < 4.78 is 0.821. The van der Waals surface area contributed by atoms with Crippen molar-refractivity contribution in [2.45, 2.75) is 0 Å². The first-order valence-corrected chi connectivity index (χ1v) is 7.50. The fourth-order valence-electron chi connectivity index (χ4n) is 2.36. The number of hydroxylamine groups is 2. The van der Waals surface area contributed by atoms with Crippen LogP contribution in [0.2, 0.25) is 0 Å². The van der Waals surface area contributed by atoms with Crippen molar-refractivity contribution in [2.24, 2.45) is 0 Å². The molecule has 3 aromatic rings. The van der Waals surface area contributed by atoms with Crippen LogP contribution in [0.25, 0.3) is 10.1 Å². The van der Waals surface area contributed by atoms with E-state index in [0.717, 1.165) is 10.1 Å². The van der Waals surface area contributed by atoms with E-state index in [2.05, 4.69) is 4.98 Å². The highest BCUT2D eigenvalue weighted by molar-refractivity contribution is 7.20. The van der Waals surface area contributed by atoms with E-state index in [-0.39, 0.29) is 11.1 Å². The lowest BCUT2D eigenvalue weighted by atomic mass is 10.1. The van der Waals surface area contributed by atoms with Crippen LogP contribution in [0.5, 0.6) is 0 Å². The van der Waals surface area contributed by atoms with Gasteiger partial charge in [0.2, 0.25) is 0 Å². The van der Waals surface area contributed by atoms with E-state index < -0.39 is 17.8 Å². The van der Waals surface area contributed by atoms with Crippen molar-refractivity contribution in [1.29, 1.82) is 0 Å². The van der Waals surface area contributed by atoms with E-state index in [0.29, 0.717) is 9.94 Å². The monoisotopic (exact) mass is 324 g/mol. The fraction of sp³-hybridized carbons (Fsp3) is 0. The summed E-state index contributed by atoms with van der Waals surface area (Å²) in [5.41, 5.74) is 0.455. The number of carbonyl (C=O) groups is 3. The Morgan fingerprint density at radius 2 is 1.78 bits per heavy atom. The summed E-state index contributed by atoms with van der Waals surface area (Å²) in [6, 6.07) is 9.75. The molecule has 2 amide bonds. The molecule has 0 saturated carbocycles. The molecular weight excluding hydrogens is 316 g/mol. The highest BCUT2D eigenvalue weighted by atomic mass is 32.1. The third kappa shape index (κ3) is 2.09. The predicted molar refractivity (Wildman–Crippen MR) is 82.0 cm³/mol. The van der Waals surface area contributed by atoms with Gasteiger partial charge in [-0.05, 0) is 29.7 Å². The molecule has 23 heavy (non-hydrogen) atoms. The highest BCUT2D eigenvalue weighted by Crippen LogP contribution is 2.27. The molecule has 0 bridgehead atoms. The van der Waals surface area contributed by atoms with Gasteiger partial charge in [0.25, 0.3) is 11.8 Å². The summed E-state index contributed by atoms with van der Waals surface area (Å²) in [5.74, 6) is -2.02. The van der Waals surface area contributed by atoms with Gasteiger partial charge in [-0.25, -0.2) is 4.79 Å². The number of rotatable bonds is 2. The van der Waals surface area contributed by atoms with E-state index in [1.807, 2.05) is 0 Å². The Balaban J connectivity index is 1.62. The Morgan fingerprint density at radius 1 is 1.09 bits per heavy atom. The largest absolute Gasteiger partial charge is 0.373 e. The average Bonchev–Trinajstić information content (AvgIpc) is 3.11. The zero-order valence-corrected chi connectivity index (χ0v) is 12.4. The van der Waals surface area contributed by atoms with Gasteiger partial charge in [0, 0.05) is 12.4 Å². The molecule has 0 aliphatic carbocycles. The lowest BCUT2D eigenvalue weighted by molar-refractivity contribution is -0.0581. The van der Waals surface area contributed by atoms with Crippen LogP contribution in [-0.4, -0.2) is 27.8 Å². The van der Waals surface area contributed by atoms with Crippen LogP contribution in [0.15, 0.2) is 48.8 Å². The minimum Gasteiger partial charge on any atom is -0.323 e. The molecule has 0 saturated heterocycles. The molecule has 1 aliphatic heterocycles. The first-order valence-electron chi connectivity index (χ1n) is 6.69. The Kier molecular flexibility index (Phi) is 2.95. The molecule has 0 spiro atoms. The summed E-state index contributed by atoms with van der Waals surface area (Å²) in [6.45, 7) is 0. The number of nitrogens with zero attached hydrogens (tertiary/aromatic N) is 2. The Labute approximate surface area is 133 Å². The van der Waals surface area contributed by atoms with Gasteiger partial charge >= 0.3 is 5.97 Å². The van der Waals surface area contributed by atoms with E-state index in [1.165, 1.54) is 23.5 Å². The van der Waals surface area contributed by atoms with Gasteiger partial charge in [-0.1, -0.05) is 17.2 Å². The van der Waals surface area contributed by atoms with Crippen LogP contribution >= 0.6 is 11.3 Å². The molecule has 112 valence electrons. The van der Waals surface area contributed by atoms with Gasteiger partial charge in [0.05, 0.1) is 15.8 Å². The number of benzene rings is 1. The molecule has 3 heterocycles. The van der Waals surface area contributed by atoms with Crippen molar-refractivity contribution < 1.29 is 19.2 Å². The van der Waals surface area contributed by atoms with Crippen LogP contribution in [0.4, 0.5) is 0 Å². The minimum absolute atomic E-state index is 0.228. The van der Waals surface area contributed by atoms with Crippen molar-refractivity contribution in [3.05, 3.63) is 64.8 Å². The molecule has 1 aromatic carbocycles. The Bertz CT molecular complexity index is 911. The molecule has 0 fully saturated rings. The second-order valence-corrected chi connectivity index (χ2v) is 5.94. The van der Waals surface area contributed by atoms with Crippen LogP contribution in [-0.2, 0) is 4.84 Å². The molecule has 0 N–H and O–H groups in total. The number of aromatic nitrogens is 1. The minimum atomic E-state index is -0.749. The second kappa shape index (κ2) is 4.99. The Hall–Kier alpha value is -3.06. The van der Waals surface area contributed by atoms with Gasteiger partial charge in [0.15, 0.2) is 0 Å². The lowest BCUT2D eigenvalue weighted by Gasteiger charge is -2.11. The highest BCUT2D eigenvalue weighted by Gasteiger charge is 2.38.